The Labute approximate surface area is 125 Å². The van der Waals surface area contributed by atoms with E-state index in [4.69, 9.17) is 17.3 Å². The van der Waals surface area contributed by atoms with E-state index < -0.39 is 10.0 Å². The maximum absolute atomic E-state index is 12.6. The van der Waals surface area contributed by atoms with Gasteiger partial charge in [-0.1, -0.05) is 11.6 Å². The van der Waals surface area contributed by atoms with Crippen LogP contribution in [0.3, 0.4) is 0 Å². The van der Waals surface area contributed by atoms with Crippen molar-refractivity contribution in [1.29, 1.82) is 0 Å². The molecular weight excluding hydrogens is 298 g/mol. The molecule has 0 bridgehead atoms. The molecule has 2 N–H and O–H groups in total. The molecule has 0 amide bonds. The van der Waals surface area contributed by atoms with Gasteiger partial charge < -0.3 is 10.6 Å². The number of rotatable bonds is 3. The summed E-state index contributed by atoms with van der Waals surface area (Å²) in [5, 5.41) is 0.365. The number of piperidine rings is 1. The Hall–Kier alpha value is -0.820. The molecule has 1 aliphatic heterocycles. The van der Waals surface area contributed by atoms with E-state index in [1.54, 1.807) is 7.05 Å². The third kappa shape index (κ3) is 3.09. The summed E-state index contributed by atoms with van der Waals surface area (Å²) in [6.45, 7) is 1.76. The molecule has 0 aromatic heterocycles. The van der Waals surface area contributed by atoms with E-state index in [1.165, 1.54) is 22.5 Å². The highest BCUT2D eigenvalue weighted by Crippen LogP contribution is 2.26. The molecule has 1 atom stereocenters. The number of nitrogens with zero attached hydrogens (tertiary/aromatic N) is 2. The van der Waals surface area contributed by atoms with Crippen LogP contribution in [0.15, 0.2) is 23.1 Å². The molecule has 2 rings (SSSR count). The molecule has 1 aromatic rings. The van der Waals surface area contributed by atoms with Gasteiger partial charge in [0.25, 0.3) is 0 Å². The van der Waals surface area contributed by atoms with Crippen LogP contribution in [0, 0.1) is 0 Å². The molecule has 112 valence electrons. The van der Waals surface area contributed by atoms with E-state index in [-0.39, 0.29) is 16.6 Å². The lowest BCUT2D eigenvalue weighted by Gasteiger charge is -2.35. The number of benzene rings is 1. The maximum Gasteiger partial charge on any atom is 0.243 e. The molecule has 0 spiro atoms. The minimum absolute atomic E-state index is 0.00403. The zero-order chi connectivity index (χ0) is 14.9. The predicted octanol–water partition coefficient (Wildman–Crippen LogP) is 1.64. The van der Waals surface area contributed by atoms with Gasteiger partial charge in [-0.05, 0) is 44.6 Å². The first-order valence-corrected chi connectivity index (χ1v) is 8.36. The minimum Gasteiger partial charge on any atom is -0.397 e. The fourth-order valence-corrected chi connectivity index (χ4v) is 4.01. The number of anilines is 1. The Balaban J connectivity index is 2.26. The molecular formula is C13H20ClN3O2S. The van der Waals surface area contributed by atoms with E-state index in [1.807, 2.05) is 7.05 Å². The van der Waals surface area contributed by atoms with Gasteiger partial charge in [0.05, 0.1) is 15.6 Å². The van der Waals surface area contributed by atoms with Gasteiger partial charge >= 0.3 is 0 Å². The van der Waals surface area contributed by atoms with Crippen LogP contribution in [0.2, 0.25) is 5.02 Å². The van der Waals surface area contributed by atoms with E-state index >= 15 is 0 Å². The molecule has 0 saturated carbocycles. The highest BCUT2D eigenvalue weighted by atomic mass is 35.5. The second-order valence-electron chi connectivity index (χ2n) is 5.26. The van der Waals surface area contributed by atoms with Gasteiger partial charge in [-0.25, -0.2) is 8.42 Å². The van der Waals surface area contributed by atoms with Gasteiger partial charge in [-0.3, -0.25) is 0 Å². The number of likely N-dealkylation sites (N-methyl/N-ethyl adjacent to an activating group) is 2. The summed E-state index contributed by atoms with van der Waals surface area (Å²) in [6, 6.07) is 4.43. The SMILES string of the molecule is CN1CCCC(N(C)S(=O)(=O)c2ccc(Cl)c(N)c2)C1. The largest absolute Gasteiger partial charge is 0.397 e. The van der Waals surface area contributed by atoms with Crippen LogP contribution >= 0.6 is 11.6 Å². The number of sulfonamides is 1. The van der Waals surface area contributed by atoms with Gasteiger partial charge in [-0.15, -0.1) is 0 Å². The second-order valence-corrected chi connectivity index (χ2v) is 7.67. The van der Waals surface area contributed by atoms with Crippen molar-refractivity contribution in [3.05, 3.63) is 23.2 Å². The Morgan fingerprint density at radius 2 is 2.15 bits per heavy atom. The molecule has 5 nitrogen and oxygen atoms in total. The van der Waals surface area contributed by atoms with Crippen molar-refractivity contribution in [3.63, 3.8) is 0 Å². The first-order valence-electron chi connectivity index (χ1n) is 6.54. The van der Waals surface area contributed by atoms with Crippen LogP contribution in [0.5, 0.6) is 0 Å². The number of nitrogens with two attached hydrogens (primary N) is 1. The Bertz CT molecular complexity index is 591. The third-order valence-electron chi connectivity index (χ3n) is 3.76. The molecule has 1 aromatic carbocycles. The van der Waals surface area contributed by atoms with Crippen LogP contribution in [-0.2, 0) is 10.0 Å². The lowest BCUT2D eigenvalue weighted by atomic mass is 10.1. The molecule has 1 fully saturated rings. The zero-order valence-corrected chi connectivity index (χ0v) is 13.3. The summed E-state index contributed by atoms with van der Waals surface area (Å²) in [6.07, 6.45) is 1.88. The molecule has 0 radical (unpaired) electrons. The highest BCUT2D eigenvalue weighted by molar-refractivity contribution is 7.89. The van der Waals surface area contributed by atoms with Crippen molar-refractivity contribution in [2.45, 2.75) is 23.8 Å². The topological polar surface area (TPSA) is 66.6 Å². The molecule has 1 aliphatic rings. The van der Waals surface area contributed by atoms with Gasteiger partial charge in [0.15, 0.2) is 0 Å². The van der Waals surface area contributed by atoms with E-state index in [2.05, 4.69) is 4.90 Å². The first-order chi connectivity index (χ1) is 9.32. The maximum atomic E-state index is 12.6. The standard InChI is InChI=1S/C13H20ClN3O2S/c1-16-7-3-4-10(9-16)17(2)20(18,19)11-5-6-12(14)13(15)8-11/h5-6,8,10H,3-4,7,9,15H2,1-2H3. The van der Waals surface area contributed by atoms with Gasteiger partial charge in [0.1, 0.15) is 0 Å². The third-order valence-corrected chi connectivity index (χ3v) is 6.01. The fraction of sp³-hybridized carbons (Fsp3) is 0.538. The smallest absolute Gasteiger partial charge is 0.243 e. The molecule has 7 heteroatoms. The number of nitrogen functional groups attached to an aromatic ring is 1. The van der Waals surface area contributed by atoms with Crippen LogP contribution in [0.4, 0.5) is 5.69 Å². The monoisotopic (exact) mass is 317 g/mol. The van der Waals surface area contributed by atoms with Crippen LogP contribution in [0.1, 0.15) is 12.8 Å². The second kappa shape index (κ2) is 5.89. The summed E-state index contributed by atoms with van der Waals surface area (Å²) in [5.74, 6) is 0. The van der Waals surface area contributed by atoms with Gasteiger partial charge in [-0.2, -0.15) is 4.31 Å². The van der Waals surface area contributed by atoms with Crippen molar-refractivity contribution in [2.24, 2.45) is 0 Å². The van der Waals surface area contributed by atoms with Crippen molar-refractivity contribution in [3.8, 4) is 0 Å². The quantitative estimate of drug-likeness (QED) is 0.861. The average Bonchev–Trinajstić information content (AvgIpc) is 2.40. The summed E-state index contributed by atoms with van der Waals surface area (Å²) in [4.78, 5) is 2.34. The first kappa shape index (κ1) is 15.6. The highest BCUT2D eigenvalue weighted by Gasteiger charge is 2.30. The Morgan fingerprint density at radius 3 is 2.75 bits per heavy atom. The van der Waals surface area contributed by atoms with Crippen molar-refractivity contribution in [1.82, 2.24) is 9.21 Å². The average molecular weight is 318 g/mol. The van der Waals surface area contributed by atoms with Crippen molar-refractivity contribution < 1.29 is 8.42 Å². The van der Waals surface area contributed by atoms with Crippen LogP contribution < -0.4 is 5.73 Å². The lowest BCUT2D eigenvalue weighted by Crippen LogP contribution is -2.47. The Morgan fingerprint density at radius 1 is 1.45 bits per heavy atom. The molecule has 20 heavy (non-hydrogen) atoms. The molecule has 1 saturated heterocycles. The summed E-state index contributed by atoms with van der Waals surface area (Å²) >= 11 is 5.84. The van der Waals surface area contributed by atoms with E-state index in [9.17, 15) is 8.42 Å². The number of hydrogen-bond donors (Lipinski definition) is 1. The normalized spacial score (nSPS) is 21.3. The molecule has 1 heterocycles. The zero-order valence-electron chi connectivity index (χ0n) is 11.7. The summed E-state index contributed by atoms with van der Waals surface area (Å²) in [5.41, 5.74) is 5.97. The summed E-state index contributed by atoms with van der Waals surface area (Å²) in [7, 11) is 0.102. The predicted molar refractivity (Wildman–Crippen MR) is 81.3 cm³/mol. The van der Waals surface area contributed by atoms with Gasteiger partial charge in [0.2, 0.25) is 10.0 Å². The number of likely N-dealkylation sites (tertiary alicyclic amines) is 1. The van der Waals surface area contributed by atoms with E-state index in [0.29, 0.717) is 5.02 Å². The number of hydrogen-bond acceptors (Lipinski definition) is 4. The van der Waals surface area contributed by atoms with Crippen molar-refractivity contribution >= 4 is 27.3 Å². The van der Waals surface area contributed by atoms with Crippen LogP contribution in [-0.4, -0.2) is 50.8 Å². The number of halogens is 1. The van der Waals surface area contributed by atoms with Crippen LogP contribution in [0.25, 0.3) is 0 Å². The molecule has 1 unspecified atom stereocenters. The minimum atomic E-state index is -3.53. The fourth-order valence-electron chi connectivity index (χ4n) is 2.48. The molecule has 0 aliphatic carbocycles. The Kier molecular flexibility index (Phi) is 4.59. The lowest BCUT2D eigenvalue weighted by molar-refractivity contribution is 0.187. The summed E-state index contributed by atoms with van der Waals surface area (Å²) < 4.78 is 26.7. The van der Waals surface area contributed by atoms with Gasteiger partial charge in [0, 0.05) is 19.6 Å². The van der Waals surface area contributed by atoms with E-state index in [0.717, 1.165) is 25.9 Å². The van der Waals surface area contributed by atoms with Crippen molar-refractivity contribution in [2.75, 3.05) is 32.9 Å².